The molecule has 2 rings (SSSR count). The minimum atomic E-state index is 0.153. The Morgan fingerprint density at radius 3 is 1.71 bits per heavy atom. The third kappa shape index (κ3) is 4.82. The van der Waals surface area contributed by atoms with Gasteiger partial charge in [0.1, 0.15) is 5.78 Å². The Morgan fingerprint density at radius 1 is 0.857 bits per heavy atom. The first-order valence-electron chi connectivity index (χ1n) is 7.20. The highest BCUT2D eigenvalue weighted by molar-refractivity contribution is 9.10. The van der Waals surface area contributed by atoms with E-state index in [2.05, 4.69) is 61.0 Å². The molecule has 0 unspecified atom stereocenters. The zero-order valence-corrected chi connectivity index (χ0v) is 14.4. The lowest BCUT2D eigenvalue weighted by Crippen LogP contribution is -2.11. The summed E-state index contributed by atoms with van der Waals surface area (Å²) in [5.74, 6) is 0.251. The van der Waals surface area contributed by atoms with Gasteiger partial charge >= 0.3 is 0 Å². The third-order valence-electron chi connectivity index (χ3n) is 3.54. The molecule has 0 radical (unpaired) electrons. The molecule has 0 aromatic heterocycles. The van der Waals surface area contributed by atoms with Gasteiger partial charge in [-0.2, -0.15) is 0 Å². The molecule has 0 aliphatic rings. The van der Waals surface area contributed by atoms with Gasteiger partial charge in [-0.1, -0.05) is 73.1 Å². The minimum Gasteiger partial charge on any atom is -0.299 e. The van der Waals surface area contributed by atoms with Crippen LogP contribution in [0, 0.1) is 0 Å². The van der Waals surface area contributed by atoms with Crippen molar-refractivity contribution >= 4 is 21.7 Å². The van der Waals surface area contributed by atoms with Crippen LogP contribution in [0.3, 0.4) is 0 Å². The molecule has 0 saturated carbocycles. The molecule has 21 heavy (non-hydrogen) atoms. The van der Waals surface area contributed by atoms with Gasteiger partial charge in [0, 0.05) is 17.3 Å². The van der Waals surface area contributed by atoms with Crippen molar-refractivity contribution < 1.29 is 4.79 Å². The molecule has 2 aromatic carbocycles. The summed E-state index contributed by atoms with van der Waals surface area (Å²) < 4.78 is 1.04. The van der Waals surface area contributed by atoms with Crippen LogP contribution in [-0.2, 0) is 23.1 Å². The molecule has 0 aliphatic heterocycles. The van der Waals surface area contributed by atoms with Crippen LogP contribution in [0.5, 0.6) is 0 Å². The van der Waals surface area contributed by atoms with Crippen molar-refractivity contribution in [3.05, 3.63) is 69.7 Å². The lowest BCUT2D eigenvalue weighted by Gasteiger charge is -2.19. The lowest BCUT2D eigenvalue weighted by atomic mass is 9.86. The monoisotopic (exact) mass is 344 g/mol. The van der Waals surface area contributed by atoms with Crippen LogP contribution in [0.4, 0.5) is 0 Å². The van der Waals surface area contributed by atoms with Crippen molar-refractivity contribution in [1.29, 1.82) is 0 Å². The van der Waals surface area contributed by atoms with Gasteiger partial charge in [0.25, 0.3) is 0 Å². The molecule has 1 nitrogen and oxygen atoms in total. The van der Waals surface area contributed by atoms with Gasteiger partial charge in [-0.05, 0) is 34.2 Å². The maximum Gasteiger partial charge on any atom is 0.141 e. The van der Waals surface area contributed by atoms with Crippen molar-refractivity contribution in [3.8, 4) is 0 Å². The maximum absolute atomic E-state index is 12.1. The zero-order chi connectivity index (χ0) is 15.5. The van der Waals surface area contributed by atoms with Gasteiger partial charge in [-0.15, -0.1) is 0 Å². The number of halogens is 1. The molecular formula is C19H21BrO. The van der Waals surface area contributed by atoms with E-state index in [1.807, 2.05) is 24.3 Å². The van der Waals surface area contributed by atoms with Crippen LogP contribution in [0.15, 0.2) is 53.0 Å². The predicted octanol–water partition coefficient (Wildman–Crippen LogP) is 5.10. The zero-order valence-electron chi connectivity index (χ0n) is 12.8. The Balaban J connectivity index is 1.98. The van der Waals surface area contributed by atoms with Crippen LogP contribution in [0.1, 0.15) is 37.5 Å². The lowest BCUT2D eigenvalue weighted by molar-refractivity contribution is -0.117. The average Bonchev–Trinajstić information content (AvgIpc) is 2.41. The first-order chi connectivity index (χ1) is 9.84. The molecule has 0 atom stereocenters. The second kappa shape index (κ2) is 6.57. The molecule has 0 aliphatic carbocycles. The number of ketones is 1. The number of carbonyl (C=O) groups excluding carboxylic acids is 1. The Bertz CT molecular complexity index is 604. The molecular weight excluding hydrogens is 324 g/mol. The number of hydrogen-bond donors (Lipinski definition) is 0. The number of rotatable bonds is 4. The van der Waals surface area contributed by atoms with Gasteiger partial charge in [-0.25, -0.2) is 0 Å². The summed E-state index contributed by atoms with van der Waals surface area (Å²) in [5.41, 5.74) is 3.60. The molecule has 0 heterocycles. The van der Waals surface area contributed by atoms with Crippen molar-refractivity contribution in [2.45, 2.75) is 39.0 Å². The largest absolute Gasteiger partial charge is 0.299 e. The SMILES string of the molecule is CC(C)(C)c1ccc(CC(=O)Cc2ccc(Br)cc2)cc1. The fourth-order valence-electron chi connectivity index (χ4n) is 2.24. The number of hydrogen-bond acceptors (Lipinski definition) is 1. The van der Waals surface area contributed by atoms with Gasteiger partial charge < -0.3 is 0 Å². The van der Waals surface area contributed by atoms with Crippen LogP contribution < -0.4 is 0 Å². The number of benzene rings is 2. The normalized spacial score (nSPS) is 11.4. The second-order valence-electron chi connectivity index (χ2n) is 6.47. The molecule has 2 aromatic rings. The molecule has 0 saturated heterocycles. The van der Waals surface area contributed by atoms with Crippen LogP contribution in [-0.4, -0.2) is 5.78 Å². The summed E-state index contributed by atoms with van der Waals surface area (Å²) in [6.45, 7) is 6.59. The Labute approximate surface area is 135 Å². The summed E-state index contributed by atoms with van der Waals surface area (Å²) in [5, 5.41) is 0. The molecule has 0 spiro atoms. The van der Waals surface area contributed by atoms with E-state index in [0.717, 1.165) is 15.6 Å². The fourth-order valence-corrected chi connectivity index (χ4v) is 2.51. The standard InChI is InChI=1S/C19H21BrO/c1-19(2,3)16-8-4-14(5-9-16)12-18(21)13-15-6-10-17(20)11-7-15/h4-11H,12-13H2,1-3H3. The van der Waals surface area contributed by atoms with E-state index >= 15 is 0 Å². The molecule has 0 N–H and O–H groups in total. The van der Waals surface area contributed by atoms with Crippen LogP contribution in [0.2, 0.25) is 0 Å². The average molecular weight is 345 g/mol. The van der Waals surface area contributed by atoms with E-state index in [0.29, 0.717) is 12.8 Å². The van der Waals surface area contributed by atoms with E-state index in [1.54, 1.807) is 0 Å². The van der Waals surface area contributed by atoms with E-state index in [9.17, 15) is 4.79 Å². The Hall–Kier alpha value is -1.41. The summed E-state index contributed by atoms with van der Waals surface area (Å²) in [6, 6.07) is 16.3. The van der Waals surface area contributed by atoms with Crippen molar-refractivity contribution in [3.63, 3.8) is 0 Å². The van der Waals surface area contributed by atoms with Gasteiger partial charge in [-0.3, -0.25) is 4.79 Å². The highest BCUT2D eigenvalue weighted by Gasteiger charge is 2.13. The van der Waals surface area contributed by atoms with E-state index < -0.39 is 0 Å². The van der Waals surface area contributed by atoms with Crippen molar-refractivity contribution in [2.75, 3.05) is 0 Å². The number of Topliss-reactive ketones (excluding diaryl/α,β-unsaturated/α-hetero) is 1. The summed E-state index contributed by atoms with van der Waals surface area (Å²) in [4.78, 5) is 12.1. The van der Waals surface area contributed by atoms with Crippen LogP contribution in [0.25, 0.3) is 0 Å². The molecule has 0 bridgehead atoms. The predicted molar refractivity (Wildman–Crippen MR) is 91.7 cm³/mol. The maximum atomic E-state index is 12.1. The third-order valence-corrected chi connectivity index (χ3v) is 4.06. The quantitative estimate of drug-likeness (QED) is 0.753. The highest BCUT2D eigenvalue weighted by Crippen LogP contribution is 2.22. The van der Waals surface area contributed by atoms with E-state index in [-0.39, 0.29) is 11.2 Å². The first-order valence-corrected chi connectivity index (χ1v) is 7.99. The van der Waals surface area contributed by atoms with Gasteiger partial charge in [0.2, 0.25) is 0 Å². The first kappa shape index (κ1) is 16.0. The van der Waals surface area contributed by atoms with Crippen LogP contribution >= 0.6 is 15.9 Å². The molecule has 0 amide bonds. The van der Waals surface area contributed by atoms with E-state index in [1.165, 1.54) is 5.56 Å². The Kier molecular flexibility index (Phi) is 5.00. The molecule has 110 valence electrons. The molecule has 2 heteroatoms. The second-order valence-corrected chi connectivity index (χ2v) is 7.38. The van der Waals surface area contributed by atoms with E-state index in [4.69, 9.17) is 0 Å². The van der Waals surface area contributed by atoms with Gasteiger partial charge in [0.05, 0.1) is 0 Å². The smallest absolute Gasteiger partial charge is 0.141 e. The number of carbonyl (C=O) groups is 1. The molecule has 0 fully saturated rings. The fraction of sp³-hybridized carbons (Fsp3) is 0.316. The van der Waals surface area contributed by atoms with Gasteiger partial charge in [0.15, 0.2) is 0 Å². The van der Waals surface area contributed by atoms with Crippen molar-refractivity contribution in [1.82, 2.24) is 0 Å². The summed E-state index contributed by atoms with van der Waals surface area (Å²) in [6.07, 6.45) is 0.995. The van der Waals surface area contributed by atoms with Crippen molar-refractivity contribution in [2.24, 2.45) is 0 Å². The Morgan fingerprint density at radius 2 is 1.29 bits per heavy atom. The topological polar surface area (TPSA) is 17.1 Å². The summed E-state index contributed by atoms with van der Waals surface area (Å²) in [7, 11) is 0. The summed E-state index contributed by atoms with van der Waals surface area (Å²) >= 11 is 3.40. The minimum absolute atomic E-state index is 0.153. The highest BCUT2D eigenvalue weighted by atomic mass is 79.9.